The summed E-state index contributed by atoms with van der Waals surface area (Å²) in [7, 11) is 0. The molecule has 0 bridgehead atoms. The first-order valence-electron chi connectivity index (χ1n) is 3.36. The van der Waals surface area contributed by atoms with E-state index in [9.17, 15) is 0 Å². The van der Waals surface area contributed by atoms with Gasteiger partial charge in [-0.1, -0.05) is 24.0 Å². The molecule has 0 N–H and O–H groups in total. The molecule has 10 heavy (non-hydrogen) atoms. The highest BCUT2D eigenvalue weighted by molar-refractivity contribution is 5.06. The van der Waals surface area contributed by atoms with E-state index >= 15 is 0 Å². The van der Waals surface area contributed by atoms with Gasteiger partial charge in [-0.25, -0.2) is 0 Å². The van der Waals surface area contributed by atoms with Crippen molar-refractivity contribution >= 4 is 0 Å². The SMILES string of the molecule is CC#CCC=CCC#CC. The van der Waals surface area contributed by atoms with Crippen LogP contribution in [0.4, 0.5) is 0 Å². The van der Waals surface area contributed by atoms with E-state index in [2.05, 4.69) is 23.7 Å². The van der Waals surface area contributed by atoms with Crippen LogP contribution in [0.25, 0.3) is 0 Å². The second-order valence-electron chi connectivity index (χ2n) is 1.73. The van der Waals surface area contributed by atoms with Crippen molar-refractivity contribution in [2.75, 3.05) is 0 Å². The fraction of sp³-hybridized carbons (Fsp3) is 0.400. The van der Waals surface area contributed by atoms with Gasteiger partial charge in [-0.2, -0.15) is 0 Å². The van der Waals surface area contributed by atoms with Crippen LogP contribution >= 0.6 is 0 Å². The zero-order valence-electron chi connectivity index (χ0n) is 6.57. The number of hydrogen-bond donors (Lipinski definition) is 0. The van der Waals surface area contributed by atoms with E-state index < -0.39 is 0 Å². The molecule has 0 saturated heterocycles. The lowest BCUT2D eigenvalue weighted by molar-refractivity contribution is 1.37. The van der Waals surface area contributed by atoms with Gasteiger partial charge in [0, 0.05) is 12.8 Å². The van der Waals surface area contributed by atoms with Gasteiger partial charge in [0.15, 0.2) is 0 Å². The van der Waals surface area contributed by atoms with Gasteiger partial charge in [0.2, 0.25) is 0 Å². The summed E-state index contributed by atoms with van der Waals surface area (Å²) in [5, 5.41) is 0. The second kappa shape index (κ2) is 7.86. The molecule has 0 aromatic heterocycles. The molecule has 0 heterocycles. The predicted molar refractivity (Wildman–Crippen MR) is 45.3 cm³/mol. The fourth-order valence-electron chi connectivity index (χ4n) is 0.489. The third-order valence-electron chi connectivity index (χ3n) is 0.960. The molecular formula is C10H12. The third kappa shape index (κ3) is 6.86. The van der Waals surface area contributed by atoms with Gasteiger partial charge < -0.3 is 0 Å². The van der Waals surface area contributed by atoms with Crippen LogP contribution in [0.3, 0.4) is 0 Å². The van der Waals surface area contributed by atoms with Gasteiger partial charge >= 0.3 is 0 Å². The van der Waals surface area contributed by atoms with Crippen molar-refractivity contribution in [1.82, 2.24) is 0 Å². The molecule has 0 atom stereocenters. The van der Waals surface area contributed by atoms with Gasteiger partial charge in [0.1, 0.15) is 0 Å². The average molecular weight is 132 g/mol. The zero-order valence-corrected chi connectivity index (χ0v) is 6.57. The molecule has 0 nitrogen and oxygen atoms in total. The molecular weight excluding hydrogens is 120 g/mol. The molecule has 0 aromatic rings. The maximum absolute atomic E-state index is 2.94. The number of allylic oxidation sites excluding steroid dienone is 2. The lowest BCUT2D eigenvalue weighted by Crippen LogP contribution is -1.60. The van der Waals surface area contributed by atoms with E-state index in [1.165, 1.54) is 0 Å². The second-order valence-corrected chi connectivity index (χ2v) is 1.73. The Hall–Kier alpha value is -1.14. The predicted octanol–water partition coefficient (Wildman–Crippen LogP) is 2.37. The van der Waals surface area contributed by atoms with Gasteiger partial charge in [-0.05, 0) is 13.8 Å². The quantitative estimate of drug-likeness (QED) is 0.399. The summed E-state index contributed by atoms with van der Waals surface area (Å²) in [6, 6.07) is 0. The minimum atomic E-state index is 0.849. The number of rotatable bonds is 2. The molecule has 0 unspecified atom stereocenters. The van der Waals surface area contributed by atoms with Crippen molar-refractivity contribution in [3.63, 3.8) is 0 Å². The van der Waals surface area contributed by atoms with Crippen LogP contribution in [0.1, 0.15) is 26.7 Å². The summed E-state index contributed by atoms with van der Waals surface area (Å²) in [5.74, 6) is 11.5. The van der Waals surface area contributed by atoms with Gasteiger partial charge in [-0.3, -0.25) is 0 Å². The Morgan fingerprint density at radius 1 is 0.900 bits per heavy atom. The molecule has 0 fully saturated rings. The van der Waals surface area contributed by atoms with Gasteiger partial charge in [-0.15, -0.1) is 11.8 Å². The molecule has 0 amide bonds. The zero-order chi connectivity index (χ0) is 7.66. The molecule has 52 valence electrons. The third-order valence-corrected chi connectivity index (χ3v) is 0.960. The Morgan fingerprint density at radius 2 is 1.30 bits per heavy atom. The highest BCUT2D eigenvalue weighted by Gasteiger charge is 1.67. The van der Waals surface area contributed by atoms with Crippen molar-refractivity contribution < 1.29 is 0 Å². The molecule has 0 aliphatic heterocycles. The summed E-state index contributed by atoms with van der Waals surface area (Å²) in [6.45, 7) is 3.69. The maximum Gasteiger partial charge on any atom is 0.0269 e. The first kappa shape index (κ1) is 8.86. The van der Waals surface area contributed by atoms with Crippen LogP contribution in [-0.4, -0.2) is 0 Å². The summed E-state index contributed by atoms with van der Waals surface area (Å²) in [4.78, 5) is 0. The van der Waals surface area contributed by atoms with Crippen molar-refractivity contribution in [3.8, 4) is 23.7 Å². The standard InChI is InChI=1S/C10H12/c1-3-5-7-9-10-8-6-4-2/h9-10H,7-8H2,1-2H3. The van der Waals surface area contributed by atoms with Crippen LogP contribution in [0.15, 0.2) is 12.2 Å². The number of hydrogen-bond acceptors (Lipinski definition) is 0. The lowest BCUT2D eigenvalue weighted by Gasteiger charge is -1.75. The van der Waals surface area contributed by atoms with E-state index in [1.807, 2.05) is 26.0 Å². The first-order valence-corrected chi connectivity index (χ1v) is 3.36. The molecule has 0 aliphatic carbocycles. The van der Waals surface area contributed by atoms with Crippen LogP contribution in [-0.2, 0) is 0 Å². The van der Waals surface area contributed by atoms with Crippen LogP contribution in [0.5, 0.6) is 0 Å². The van der Waals surface area contributed by atoms with Crippen molar-refractivity contribution in [2.24, 2.45) is 0 Å². The van der Waals surface area contributed by atoms with E-state index in [4.69, 9.17) is 0 Å². The highest BCUT2D eigenvalue weighted by Crippen LogP contribution is 1.83. The Bertz CT molecular complexity index is 176. The topological polar surface area (TPSA) is 0 Å². The molecule has 0 heteroatoms. The molecule has 0 aromatic carbocycles. The Kier molecular flexibility index (Phi) is 6.96. The fourth-order valence-corrected chi connectivity index (χ4v) is 0.489. The van der Waals surface area contributed by atoms with E-state index in [0.717, 1.165) is 12.8 Å². The van der Waals surface area contributed by atoms with E-state index in [0.29, 0.717) is 0 Å². The highest BCUT2D eigenvalue weighted by atomic mass is 13.7. The smallest absolute Gasteiger partial charge is 0.0269 e. The summed E-state index contributed by atoms with van der Waals surface area (Å²) >= 11 is 0. The lowest BCUT2D eigenvalue weighted by atomic mass is 10.3. The van der Waals surface area contributed by atoms with Crippen LogP contribution in [0.2, 0.25) is 0 Å². The molecule has 0 saturated carbocycles. The summed E-state index contributed by atoms with van der Waals surface area (Å²) in [6.07, 6.45) is 5.78. The van der Waals surface area contributed by atoms with Crippen molar-refractivity contribution in [3.05, 3.63) is 12.2 Å². The van der Waals surface area contributed by atoms with Crippen molar-refractivity contribution in [2.45, 2.75) is 26.7 Å². The van der Waals surface area contributed by atoms with Crippen molar-refractivity contribution in [1.29, 1.82) is 0 Å². The molecule has 0 aliphatic rings. The minimum Gasteiger partial charge on any atom is -0.106 e. The Morgan fingerprint density at radius 3 is 1.60 bits per heavy atom. The first-order chi connectivity index (χ1) is 4.91. The molecule has 0 spiro atoms. The van der Waals surface area contributed by atoms with Crippen LogP contribution < -0.4 is 0 Å². The summed E-state index contributed by atoms with van der Waals surface area (Å²) in [5.41, 5.74) is 0. The van der Waals surface area contributed by atoms with Gasteiger partial charge in [0.25, 0.3) is 0 Å². The monoisotopic (exact) mass is 132 g/mol. The average Bonchev–Trinajstić information content (AvgIpc) is 1.97. The van der Waals surface area contributed by atoms with E-state index in [-0.39, 0.29) is 0 Å². The molecule has 0 radical (unpaired) electrons. The normalized spacial score (nSPS) is 7.80. The van der Waals surface area contributed by atoms with Gasteiger partial charge in [0.05, 0.1) is 0 Å². The minimum absolute atomic E-state index is 0.849. The largest absolute Gasteiger partial charge is 0.106 e. The maximum atomic E-state index is 2.94. The van der Waals surface area contributed by atoms with Crippen LogP contribution in [0, 0.1) is 23.7 Å². The van der Waals surface area contributed by atoms with E-state index in [1.54, 1.807) is 0 Å². The Labute approximate surface area is 63.3 Å². The Balaban J connectivity index is 3.32. The molecule has 0 rings (SSSR count). The summed E-state index contributed by atoms with van der Waals surface area (Å²) < 4.78 is 0.